The highest BCUT2D eigenvalue weighted by Crippen LogP contribution is 2.14. The third kappa shape index (κ3) is 6.12. The number of likely N-dealkylation sites (tertiary alicyclic amines) is 1. The number of nitrogens with zero attached hydrogens (tertiary/aromatic N) is 1. The zero-order valence-electron chi connectivity index (χ0n) is 17.0. The van der Waals surface area contributed by atoms with Crippen LogP contribution in [0.5, 0.6) is 0 Å². The lowest BCUT2D eigenvalue weighted by atomic mass is 10.0. The third-order valence-electron chi connectivity index (χ3n) is 5.45. The predicted molar refractivity (Wildman–Crippen MR) is 111 cm³/mol. The molecule has 0 aromatic heterocycles. The lowest BCUT2D eigenvalue weighted by molar-refractivity contribution is -0.121. The molecule has 0 unspecified atom stereocenters. The smallest absolute Gasteiger partial charge is 0.251 e. The van der Waals surface area contributed by atoms with Crippen LogP contribution in [0.2, 0.25) is 0 Å². The molecule has 0 radical (unpaired) electrons. The van der Waals surface area contributed by atoms with Crippen molar-refractivity contribution in [2.75, 3.05) is 19.6 Å². The Morgan fingerprint density at radius 3 is 2.38 bits per heavy atom. The van der Waals surface area contributed by atoms with Crippen molar-refractivity contribution in [1.29, 1.82) is 0 Å². The van der Waals surface area contributed by atoms with Crippen molar-refractivity contribution < 1.29 is 14.0 Å². The molecule has 0 bridgehead atoms. The second-order valence-electron chi connectivity index (χ2n) is 7.73. The summed E-state index contributed by atoms with van der Waals surface area (Å²) in [5.41, 5.74) is 3.83. The van der Waals surface area contributed by atoms with Gasteiger partial charge in [-0.15, -0.1) is 0 Å². The summed E-state index contributed by atoms with van der Waals surface area (Å²) >= 11 is 0. The van der Waals surface area contributed by atoms with E-state index < -0.39 is 0 Å². The molecule has 29 heavy (non-hydrogen) atoms. The van der Waals surface area contributed by atoms with Crippen LogP contribution in [0.4, 0.5) is 4.39 Å². The first-order valence-corrected chi connectivity index (χ1v) is 10.0. The molecule has 6 heteroatoms. The van der Waals surface area contributed by atoms with Gasteiger partial charge in [0.25, 0.3) is 5.91 Å². The van der Waals surface area contributed by atoms with E-state index in [1.807, 2.05) is 26.0 Å². The van der Waals surface area contributed by atoms with Crippen LogP contribution in [0.1, 0.15) is 39.9 Å². The lowest BCUT2D eigenvalue weighted by Gasteiger charge is -2.32. The first-order chi connectivity index (χ1) is 13.9. The molecule has 5 nitrogen and oxygen atoms in total. The summed E-state index contributed by atoms with van der Waals surface area (Å²) in [4.78, 5) is 26.7. The number of nitrogens with one attached hydrogen (secondary N) is 2. The molecule has 1 saturated heterocycles. The van der Waals surface area contributed by atoms with Gasteiger partial charge >= 0.3 is 0 Å². The van der Waals surface area contributed by atoms with E-state index in [1.165, 1.54) is 12.1 Å². The van der Waals surface area contributed by atoms with Crippen LogP contribution in [0.15, 0.2) is 42.5 Å². The minimum Gasteiger partial charge on any atom is -0.352 e. The number of aryl methyl sites for hydroxylation is 2. The van der Waals surface area contributed by atoms with Gasteiger partial charge < -0.3 is 10.6 Å². The van der Waals surface area contributed by atoms with Crippen LogP contribution >= 0.6 is 0 Å². The standard InChI is InChI=1S/C23H28FN3O2/c1-16-3-6-19(13-17(16)2)23(29)25-14-22(28)26-21-9-11-27(12-10-21)15-18-4-7-20(24)8-5-18/h3-8,13,21H,9-12,14-15H2,1-2H3,(H,25,29)(H,26,28). The molecule has 2 N–H and O–H groups in total. The zero-order valence-corrected chi connectivity index (χ0v) is 17.0. The Bertz CT molecular complexity index is 859. The second-order valence-corrected chi connectivity index (χ2v) is 7.73. The molecular formula is C23H28FN3O2. The van der Waals surface area contributed by atoms with E-state index in [0.717, 1.165) is 49.2 Å². The fourth-order valence-corrected chi connectivity index (χ4v) is 3.51. The molecule has 154 valence electrons. The largest absolute Gasteiger partial charge is 0.352 e. The zero-order chi connectivity index (χ0) is 20.8. The van der Waals surface area contributed by atoms with Gasteiger partial charge in [-0.05, 0) is 67.6 Å². The summed E-state index contributed by atoms with van der Waals surface area (Å²) in [6.07, 6.45) is 1.72. The number of carbonyl (C=O) groups excluding carboxylic acids is 2. The fourth-order valence-electron chi connectivity index (χ4n) is 3.51. The lowest BCUT2D eigenvalue weighted by Crippen LogP contribution is -2.47. The van der Waals surface area contributed by atoms with Crippen molar-refractivity contribution >= 4 is 11.8 Å². The van der Waals surface area contributed by atoms with Gasteiger partial charge in [-0.2, -0.15) is 0 Å². The SMILES string of the molecule is Cc1ccc(C(=O)NCC(=O)NC2CCN(Cc3ccc(F)cc3)CC2)cc1C. The van der Waals surface area contributed by atoms with E-state index in [2.05, 4.69) is 15.5 Å². The van der Waals surface area contributed by atoms with Gasteiger partial charge in [-0.25, -0.2) is 4.39 Å². The number of piperidine rings is 1. The number of amides is 2. The Hall–Kier alpha value is -2.73. The molecule has 1 heterocycles. The molecule has 2 aromatic rings. The van der Waals surface area contributed by atoms with E-state index in [-0.39, 0.29) is 30.2 Å². The molecule has 1 fully saturated rings. The highest BCUT2D eigenvalue weighted by molar-refractivity contribution is 5.96. The Morgan fingerprint density at radius 2 is 1.72 bits per heavy atom. The van der Waals surface area contributed by atoms with Gasteiger partial charge in [0.15, 0.2) is 0 Å². The van der Waals surface area contributed by atoms with Crippen LogP contribution in [0.25, 0.3) is 0 Å². The van der Waals surface area contributed by atoms with Gasteiger partial charge in [0.05, 0.1) is 6.54 Å². The highest BCUT2D eigenvalue weighted by Gasteiger charge is 2.21. The van der Waals surface area contributed by atoms with Gasteiger partial charge in [-0.3, -0.25) is 14.5 Å². The van der Waals surface area contributed by atoms with Crippen LogP contribution in [0, 0.1) is 19.7 Å². The summed E-state index contributed by atoms with van der Waals surface area (Å²) in [5, 5.41) is 5.70. The maximum absolute atomic E-state index is 13.0. The van der Waals surface area contributed by atoms with Crippen molar-refractivity contribution in [3.8, 4) is 0 Å². The van der Waals surface area contributed by atoms with E-state index in [4.69, 9.17) is 0 Å². The van der Waals surface area contributed by atoms with Gasteiger partial charge in [0.2, 0.25) is 5.91 Å². The topological polar surface area (TPSA) is 61.4 Å². The van der Waals surface area contributed by atoms with Crippen LogP contribution in [0.3, 0.4) is 0 Å². The van der Waals surface area contributed by atoms with Crippen molar-refractivity contribution in [3.63, 3.8) is 0 Å². The number of hydrogen-bond donors (Lipinski definition) is 2. The van der Waals surface area contributed by atoms with Crippen LogP contribution in [-0.2, 0) is 11.3 Å². The molecular weight excluding hydrogens is 369 g/mol. The molecule has 0 aliphatic carbocycles. The normalized spacial score (nSPS) is 15.1. The van der Waals surface area contributed by atoms with Crippen LogP contribution in [-0.4, -0.2) is 42.4 Å². The molecule has 1 aliphatic rings. The molecule has 2 amide bonds. The summed E-state index contributed by atoms with van der Waals surface area (Å²) in [5.74, 6) is -0.628. The Kier molecular flexibility index (Phi) is 6.99. The minimum absolute atomic E-state index is 0.0262. The summed E-state index contributed by atoms with van der Waals surface area (Å²) in [7, 11) is 0. The second kappa shape index (κ2) is 9.65. The summed E-state index contributed by atoms with van der Waals surface area (Å²) in [6, 6.07) is 12.2. The molecule has 2 aromatic carbocycles. The predicted octanol–water partition coefficient (Wildman–Crippen LogP) is 2.95. The third-order valence-corrected chi connectivity index (χ3v) is 5.45. The number of hydrogen-bond acceptors (Lipinski definition) is 3. The quantitative estimate of drug-likeness (QED) is 0.788. The first-order valence-electron chi connectivity index (χ1n) is 10.0. The van der Waals surface area contributed by atoms with Crippen molar-refractivity contribution in [2.24, 2.45) is 0 Å². The molecule has 0 spiro atoms. The van der Waals surface area contributed by atoms with Gasteiger partial charge in [-0.1, -0.05) is 18.2 Å². The summed E-state index contributed by atoms with van der Waals surface area (Å²) in [6.45, 7) is 6.46. The summed E-state index contributed by atoms with van der Waals surface area (Å²) < 4.78 is 13.0. The highest BCUT2D eigenvalue weighted by atomic mass is 19.1. The Labute approximate surface area is 171 Å². The maximum Gasteiger partial charge on any atom is 0.251 e. The first kappa shape index (κ1) is 21.0. The van der Waals surface area contributed by atoms with Crippen molar-refractivity contribution in [1.82, 2.24) is 15.5 Å². The van der Waals surface area contributed by atoms with E-state index >= 15 is 0 Å². The van der Waals surface area contributed by atoms with E-state index in [0.29, 0.717) is 5.56 Å². The Morgan fingerprint density at radius 1 is 1.03 bits per heavy atom. The Balaban J connectivity index is 1.38. The number of carbonyl (C=O) groups is 2. The van der Waals surface area contributed by atoms with Crippen molar-refractivity contribution in [2.45, 2.75) is 39.3 Å². The fraction of sp³-hybridized carbons (Fsp3) is 0.391. The molecule has 0 saturated carbocycles. The number of benzene rings is 2. The van der Waals surface area contributed by atoms with Crippen LogP contribution < -0.4 is 10.6 Å². The van der Waals surface area contributed by atoms with Crippen molar-refractivity contribution in [3.05, 3.63) is 70.5 Å². The average Bonchev–Trinajstić information content (AvgIpc) is 2.71. The van der Waals surface area contributed by atoms with E-state index in [9.17, 15) is 14.0 Å². The number of halogens is 1. The monoisotopic (exact) mass is 397 g/mol. The van der Waals surface area contributed by atoms with Gasteiger partial charge in [0, 0.05) is 31.2 Å². The van der Waals surface area contributed by atoms with E-state index in [1.54, 1.807) is 18.2 Å². The molecule has 3 rings (SSSR count). The molecule has 1 aliphatic heterocycles. The minimum atomic E-state index is -0.239. The molecule has 0 atom stereocenters. The average molecular weight is 397 g/mol. The van der Waals surface area contributed by atoms with Gasteiger partial charge in [0.1, 0.15) is 5.82 Å². The maximum atomic E-state index is 13.0. The number of rotatable bonds is 6.